The third-order valence-electron chi connectivity index (χ3n) is 1.64. The first-order valence-electron chi connectivity index (χ1n) is 3.73. The van der Waals surface area contributed by atoms with E-state index in [0.29, 0.717) is 5.56 Å². The summed E-state index contributed by atoms with van der Waals surface area (Å²) in [4.78, 5) is 3.51. The van der Waals surface area contributed by atoms with Gasteiger partial charge in [0.25, 0.3) is 6.43 Å². The van der Waals surface area contributed by atoms with Gasteiger partial charge in [0.05, 0.1) is 17.3 Å². The molecule has 0 aliphatic rings. The van der Waals surface area contributed by atoms with Crippen LogP contribution < -0.4 is 0 Å². The summed E-state index contributed by atoms with van der Waals surface area (Å²) in [6.07, 6.45) is -2.69. The maximum atomic E-state index is 12.3. The van der Waals surface area contributed by atoms with Crippen molar-refractivity contribution in [2.24, 2.45) is 0 Å². The fourth-order valence-electron chi connectivity index (χ4n) is 0.978. The van der Waals surface area contributed by atoms with Gasteiger partial charge in [-0.3, -0.25) is 0 Å². The first kappa shape index (κ1) is 11.6. The molecule has 14 heavy (non-hydrogen) atoms. The number of aromatic nitrogens is 1. The van der Waals surface area contributed by atoms with Crippen LogP contribution in [0.5, 0.6) is 0 Å². The summed E-state index contributed by atoms with van der Waals surface area (Å²) in [5, 5.41) is 8.95. The van der Waals surface area contributed by atoms with Crippen molar-refractivity contribution in [2.75, 3.05) is 0 Å². The highest BCUT2D eigenvalue weighted by atomic mass is 35.5. The van der Waals surface area contributed by atoms with Crippen LogP contribution >= 0.6 is 23.2 Å². The average Bonchev–Trinajstić information content (AvgIpc) is 2.17. The molecule has 2 nitrogen and oxygen atoms in total. The highest BCUT2D eigenvalue weighted by Crippen LogP contribution is 2.26. The third kappa shape index (κ3) is 2.32. The molecule has 1 aromatic rings. The van der Waals surface area contributed by atoms with Gasteiger partial charge in [0.15, 0.2) is 0 Å². The summed E-state index contributed by atoms with van der Waals surface area (Å²) in [7, 11) is 0. The molecular weight excluding hydrogens is 235 g/mol. The Morgan fingerprint density at radius 3 is 2.57 bits per heavy atom. The maximum absolute atomic E-state index is 12.3. The van der Waals surface area contributed by atoms with Crippen LogP contribution in [-0.2, 0) is 12.5 Å². The highest BCUT2D eigenvalue weighted by molar-refractivity contribution is 6.32. The van der Waals surface area contributed by atoms with Gasteiger partial charge in [-0.25, -0.2) is 13.8 Å². The highest BCUT2D eigenvalue weighted by Gasteiger charge is 2.15. The Labute approximate surface area is 89.5 Å². The lowest BCUT2D eigenvalue weighted by Gasteiger charge is -2.08. The molecule has 0 spiro atoms. The molecule has 0 saturated carbocycles. The van der Waals surface area contributed by atoms with Crippen molar-refractivity contribution in [3.8, 4) is 0 Å². The number of alkyl halides is 3. The molecule has 0 amide bonds. The van der Waals surface area contributed by atoms with Crippen LogP contribution in [0.4, 0.5) is 8.78 Å². The minimum atomic E-state index is -2.69. The molecule has 1 rings (SSSR count). The number of aliphatic hydroxyl groups excluding tert-OH is 1. The Morgan fingerprint density at radius 2 is 2.14 bits per heavy atom. The number of pyridine rings is 1. The summed E-state index contributed by atoms with van der Waals surface area (Å²) in [5.41, 5.74) is -0.0445. The molecule has 0 fully saturated rings. The van der Waals surface area contributed by atoms with Crippen molar-refractivity contribution >= 4 is 23.2 Å². The second-order valence-corrected chi connectivity index (χ2v) is 3.20. The van der Waals surface area contributed by atoms with E-state index in [9.17, 15) is 8.78 Å². The molecule has 1 heterocycles. The molecule has 0 aliphatic carbocycles. The van der Waals surface area contributed by atoms with Crippen LogP contribution in [0.3, 0.4) is 0 Å². The predicted octanol–water partition coefficient (Wildman–Crippen LogP) is 2.90. The molecule has 0 unspecified atom stereocenters. The zero-order valence-corrected chi connectivity index (χ0v) is 8.49. The van der Waals surface area contributed by atoms with Crippen molar-refractivity contribution < 1.29 is 13.9 Å². The summed E-state index contributed by atoms with van der Waals surface area (Å²) in [5.74, 6) is 0.00801. The molecule has 0 saturated heterocycles. The first-order chi connectivity index (χ1) is 6.60. The van der Waals surface area contributed by atoms with Crippen molar-refractivity contribution in [2.45, 2.75) is 18.9 Å². The van der Waals surface area contributed by atoms with Gasteiger partial charge in [0.1, 0.15) is 5.69 Å². The normalized spacial score (nSPS) is 11.0. The lowest BCUT2D eigenvalue weighted by molar-refractivity contribution is 0.145. The zero-order valence-electron chi connectivity index (χ0n) is 6.98. The van der Waals surface area contributed by atoms with E-state index >= 15 is 0 Å². The molecule has 0 atom stereocenters. The van der Waals surface area contributed by atoms with Crippen LogP contribution in [0.25, 0.3) is 0 Å². The second kappa shape index (κ2) is 4.87. The van der Waals surface area contributed by atoms with E-state index in [-0.39, 0.29) is 16.6 Å². The smallest absolute Gasteiger partial charge is 0.280 e. The largest absolute Gasteiger partial charge is 0.390 e. The van der Waals surface area contributed by atoms with Gasteiger partial charge in [-0.1, -0.05) is 11.6 Å². The molecule has 78 valence electrons. The van der Waals surface area contributed by atoms with Crippen LogP contribution in [-0.4, -0.2) is 10.1 Å². The minimum Gasteiger partial charge on any atom is -0.390 e. The van der Waals surface area contributed by atoms with Crippen molar-refractivity contribution in [3.05, 3.63) is 28.0 Å². The van der Waals surface area contributed by atoms with Gasteiger partial charge in [-0.2, -0.15) is 0 Å². The molecule has 1 aromatic heterocycles. The van der Waals surface area contributed by atoms with Crippen molar-refractivity contribution in [1.82, 2.24) is 4.98 Å². The number of rotatable bonds is 3. The van der Waals surface area contributed by atoms with Crippen LogP contribution in [0, 0.1) is 0 Å². The lowest BCUT2D eigenvalue weighted by Crippen LogP contribution is -2.00. The summed E-state index contributed by atoms with van der Waals surface area (Å²) in [6, 6.07) is 1.14. The van der Waals surface area contributed by atoms with E-state index in [1.807, 2.05) is 0 Å². The second-order valence-electron chi connectivity index (χ2n) is 2.56. The number of hydrogen-bond acceptors (Lipinski definition) is 2. The maximum Gasteiger partial charge on any atom is 0.280 e. The Kier molecular flexibility index (Phi) is 4.04. The van der Waals surface area contributed by atoms with Crippen LogP contribution in [0.2, 0.25) is 5.02 Å². The van der Waals surface area contributed by atoms with E-state index in [2.05, 4.69) is 4.98 Å². The first-order valence-corrected chi connectivity index (χ1v) is 4.64. The fraction of sp³-hybridized carbons (Fsp3) is 0.375. The van der Waals surface area contributed by atoms with E-state index < -0.39 is 18.7 Å². The van der Waals surface area contributed by atoms with Gasteiger partial charge in [0, 0.05) is 5.88 Å². The predicted molar refractivity (Wildman–Crippen MR) is 49.7 cm³/mol. The molecule has 1 N–H and O–H groups in total. The molecular formula is C8H7Cl2F2NO. The summed E-state index contributed by atoms with van der Waals surface area (Å²) in [6.45, 7) is -0.483. The molecule has 0 aliphatic heterocycles. The number of aliphatic hydroxyl groups is 1. The van der Waals surface area contributed by atoms with E-state index in [0.717, 1.165) is 6.07 Å². The van der Waals surface area contributed by atoms with Crippen LogP contribution in [0.15, 0.2) is 6.07 Å². The zero-order chi connectivity index (χ0) is 10.7. The number of hydrogen-bond donors (Lipinski definition) is 1. The average molecular weight is 242 g/mol. The third-order valence-corrected chi connectivity index (χ3v) is 2.39. The van der Waals surface area contributed by atoms with Crippen LogP contribution in [0.1, 0.15) is 23.4 Å². The Morgan fingerprint density at radius 1 is 1.50 bits per heavy atom. The summed E-state index contributed by atoms with van der Waals surface area (Å²) < 4.78 is 24.6. The van der Waals surface area contributed by atoms with Crippen molar-refractivity contribution in [1.29, 1.82) is 0 Å². The SMILES string of the molecule is OCc1nc(C(F)F)cc(CCl)c1Cl. The van der Waals surface area contributed by atoms with Gasteiger partial charge in [0.2, 0.25) is 0 Å². The topological polar surface area (TPSA) is 33.1 Å². The molecule has 6 heteroatoms. The standard InChI is InChI=1S/C8H7Cl2F2NO/c9-2-4-1-5(8(11)12)13-6(3-14)7(4)10/h1,8,14H,2-3H2. The monoisotopic (exact) mass is 241 g/mol. The molecule has 0 radical (unpaired) electrons. The van der Waals surface area contributed by atoms with Gasteiger partial charge in [-0.05, 0) is 11.6 Å². The lowest BCUT2D eigenvalue weighted by atomic mass is 10.2. The quantitative estimate of drug-likeness (QED) is 0.826. The number of nitrogens with zero attached hydrogens (tertiary/aromatic N) is 1. The molecule has 0 bridgehead atoms. The van der Waals surface area contributed by atoms with Crippen molar-refractivity contribution in [3.63, 3.8) is 0 Å². The van der Waals surface area contributed by atoms with Gasteiger partial charge >= 0.3 is 0 Å². The number of halogens is 4. The summed E-state index contributed by atoms with van der Waals surface area (Å²) >= 11 is 11.2. The fourth-order valence-corrected chi connectivity index (χ4v) is 1.48. The van der Waals surface area contributed by atoms with Gasteiger partial charge < -0.3 is 5.11 Å². The molecule has 0 aromatic carbocycles. The Balaban J connectivity index is 3.25. The Bertz CT molecular complexity index is 308. The van der Waals surface area contributed by atoms with E-state index in [1.165, 1.54) is 0 Å². The van der Waals surface area contributed by atoms with E-state index in [1.54, 1.807) is 0 Å². The van der Waals surface area contributed by atoms with Gasteiger partial charge in [-0.15, -0.1) is 11.6 Å². The Hall–Kier alpha value is -0.450. The minimum absolute atomic E-state index is 0.00801. The van der Waals surface area contributed by atoms with E-state index in [4.69, 9.17) is 28.3 Å².